The SMILES string of the molecule is C[C@@H](OC1C=C(n2cnc3cc(OC(F)(F)F)ccc32)C=C(C(N)=O)C1=S)c1cccc(OC2CCNCC2)c1Cl. The number of alkyl halides is 3. The van der Waals surface area contributed by atoms with Crippen LogP contribution in [0.2, 0.25) is 5.02 Å². The summed E-state index contributed by atoms with van der Waals surface area (Å²) in [5.74, 6) is -0.589. The first-order valence-electron chi connectivity index (χ1n) is 12.8. The summed E-state index contributed by atoms with van der Waals surface area (Å²) < 4.78 is 56.1. The van der Waals surface area contributed by atoms with Gasteiger partial charge >= 0.3 is 6.36 Å². The van der Waals surface area contributed by atoms with Gasteiger partial charge in [0.05, 0.1) is 32.6 Å². The second-order valence-electron chi connectivity index (χ2n) is 9.62. The Balaban J connectivity index is 1.42. The number of amides is 1. The Morgan fingerprint density at radius 3 is 2.71 bits per heavy atom. The molecular formula is C28H26ClF3N4O4S. The first kappa shape index (κ1) is 29.1. The number of hydrogen-bond donors (Lipinski definition) is 2. The number of piperidine rings is 1. The number of rotatable bonds is 8. The van der Waals surface area contributed by atoms with Gasteiger partial charge in [-0.05, 0) is 63.2 Å². The van der Waals surface area contributed by atoms with E-state index in [9.17, 15) is 18.0 Å². The number of thiocarbonyl (C=S) groups is 1. The van der Waals surface area contributed by atoms with E-state index in [2.05, 4.69) is 15.0 Å². The zero-order valence-electron chi connectivity index (χ0n) is 21.8. The van der Waals surface area contributed by atoms with Crippen molar-refractivity contribution in [3.8, 4) is 11.5 Å². The number of imidazole rings is 1. The van der Waals surface area contributed by atoms with Gasteiger partial charge in [-0.2, -0.15) is 0 Å². The van der Waals surface area contributed by atoms with E-state index >= 15 is 0 Å². The molecule has 0 bridgehead atoms. The largest absolute Gasteiger partial charge is 0.573 e. The molecule has 41 heavy (non-hydrogen) atoms. The summed E-state index contributed by atoms with van der Waals surface area (Å²) in [6.45, 7) is 3.56. The van der Waals surface area contributed by atoms with Crippen molar-refractivity contribution >= 4 is 51.3 Å². The van der Waals surface area contributed by atoms with Crippen LogP contribution >= 0.6 is 23.8 Å². The number of benzene rings is 2. The monoisotopic (exact) mass is 606 g/mol. The quantitative estimate of drug-likeness (QED) is 0.327. The van der Waals surface area contributed by atoms with Gasteiger partial charge in [-0.15, -0.1) is 13.2 Å². The molecule has 2 aliphatic rings. The number of carbonyl (C=O) groups excluding carboxylic acids is 1. The maximum atomic E-state index is 12.7. The molecule has 0 saturated carbocycles. The zero-order chi connectivity index (χ0) is 29.3. The molecule has 8 nitrogen and oxygen atoms in total. The van der Waals surface area contributed by atoms with Crippen molar-refractivity contribution in [1.29, 1.82) is 0 Å². The molecule has 1 aliphatic carbocycles. The Morgan fingerprint density at radius 1 is 1.24 bits per heavy atom. The van der Waals surface area contributed by atoms with Crippen LogP contribution in [0.3, 0.4) is 0 Å². The number of nitrogens with zero attached hydrogens (tertiary/aromatic N) is 2. The highest BCUT2D eigenvalue weighted by atomic mass is 35.5. The van der Waals surface area contributed by atoms with Crippen molar-refractivity contribution in [1.82, 2.24) is 14.9 Å². The molecule has 2 heterocycles. The molecular weight excluding hydrogens is 581 g/mol. The van der Waals surface area contributed by atoms with Crippen molar-refractivity contribution < 1.29 is 32.2 Å². The molecule has 2 atom stereocenters. The van der Waals surface area contributed by atoms with E-state index in [1.165, 1.54) is 30.6 Å². The van der Waals surface area contributed by atoms with Gasteiger partial charge in [-0.1, -0.05) is 36.0 Å². The van der Waals surface area contributed by atoms with Crippen molar-refractivity contribution in [3.05, 3.63) is 71.0 Å². The standard InChI is InChI=1S/C28H26ClF3N4O4S/c1-15(19-3-2-4-23(25(19)29)39-17-7-9-34-10-8-17)38-24-12-16(11-20(26(24)41)27(33)37)36-14-35-21-13-18(5-6-22(21)36)40-28(30,31)32/h2-6,11-15,17,24,34H,7-10H2,1H3,(H2,33,37)/t15-,24?/m1/s1. The van der Waals surface area contributed by atoms with Crippen LogP contribution in [0.1, 0.15) is 31.4 Å². The number of carbonyl (C=O) groups is 1. The summed E-state index contributed by atoms with van der Waals surface area (Å²) in [5, 5.41) is 3.72. The van der Waals surface area contributed by atoms with Crippen molar-refractivity contribution in [2.45, 2.75) is 44.4 Å². The van der Waals surface area contributed by atoms with Crippen LogP contribution in [0, 0.1) is 0 Å². The first-order valence-corrected chi connectivity index (χ1v) is 13.6. The summed E-state index contributed by atoms with van der Waals surface area (Å²) >= 11 is 12.3. The molecule has 3 aromatic rings. The lowest BCUT2D eigenvalue weighted by Gasteiger charge is -2.27. The third-order valence-electron chi connectivity index (χ3n) is 6.80. The average Bonchev–Trinajstić information content (AvgIpc) is 3.33. The summed E-state index contributed by atoms with van der Waals surface area (Å²) in [6, 6.07) is 9.25. The Morgan fingerprint density at radius 2 is 2.00 bits per heavy atom. The van der Waals surface area contributed by atoms with Crippen molar-refractivity contribution in [3.63, 3.8) is 0 Å². The van der Waals surface area contributed by atoms with Crippen LogP contribution in [-0.2, 0) is 9.53 Å². The van der Waals surface area contributed by atoms with Gasteiger partial charge in [0, 0.05) is 17.3 Å². The molecule has 216 valence electrons. The molecule has 0 radical (unpaired) electrons. The minimum absolute atomic E-state index is 0.0565. The van der Waals surface area contributed by atoms with Crippen LogP contribution in [0.4, 0.5) is 13.2 Å². The van der Waals surface area contributed by atoms with Crippen LogP contribution in [0.15, 0.2) is 60.5 Å². The van der Waals surface area contributed by atoms with Crippen LogP contribution < -0.4 is 20.5 Å². The van der Waals surface area contributed by atoms with E-state index < -0.39 is 30.2 Å². The summed E-state index contributed by atoms with van der Waals surface area (Å²) in [6.07, 6.45) is 0.159. The third kappa shape index (κ3) is 6.56. The second-order valence-corrected chi connectivity index (χ2v) is 10.4. The Hall–Kier alpha value is -3.45. The fraction of sp³-hybridized carbons (Fsp3) is 0.321. The Kier molecular flexibility index (Phi) is 8.37. The Labute approximate surface area is 243 Å². The lowest BCUT2D eigenvalue weighted by Crippen LogP contribution is -2.34. The number of ether oxygens (including phenoxy) is 3. The van der Waals surface area contributed by atoms with Gasteiger partial charge in [-0.25, -0.2) is 4.98 Å². The molecule has 2 aromatic carbocycles. The number of allylic oxidation sites excluding steroid dienone is 2. The highest BCUT2D eigenvalue weighted by Gasteiger charge is 2.32. The molecule has 1 amide bonds. The van der Waals surface area contributed by atoms with Crippen LogP contribution in [0.25, 0.3) is 16.7 Å². The lowest BCUT2D eigenvalue weighted by molar-refractivity contribution is -0.274. The van der Waals surface area contributed by atoms with E-state index in [-0.39, 0.29) is 22.1 Å². The van der Waals surface area contributed by atoms with Gasteiger partial charge < -0.3 is 25.3 Å². The van der Waals surface area contributed by atoms with Gasteiger partial charge in [0.1, 0.15) is 30.0 Å². The number of nitrogens with two attached hydrogens (primary N) is 1. The lowest BCUT2D eigenvalue weighted by atomic mass is 9.98. The van der Waals surface area contributed by atoms with Crippen molar-refractivity contribution in [2.24, 2.45) is 5.73 Å². The number of aromatic nitrogens is 2. The van der Waals surface area contributed by atoms with Crippen LogP contribution in [-0.4, -0.2) is 52.0 Å². The fourth-order valence-electron chi connectivity index (χ4n) is 4.81. The molecule has 13 heteroatoms. The minimum Gasteiger partial charge on any atom is -0.489 e. The second kappa shape index (κ2) is 11.8. The van der Waals surface area contributed by atoms with Gasteiger partial charge in [0.25, 0.3) is 0 Å². The average molecular weight is 607 g/mol. The zero-order valence-corrected chi connectivity index (χ0v) is 23.4. The molecule has 1 fully saturated rings. The van der Waals surface area contributed by atoms with E-state index in [4.69, 9.17) is 39.0 Å². The summed E-state index contributed by atoms with van der Waals surface area (Å²) in [4.78, 5) is 16.7. The minimum atomic E-state index is -4.83. The fourth-order valence-corrected chi connectivity index (χ4v) is 5.42. The normalized spacial score (nSPS) is 19.0. The molecule has 1 aromatic heterocycles. The number of halogens is 4. The van der Waals surface area contributed by atoms with Crippen molar-refractivity contribution in [2.75, 3.05) is 13.1 Å². The molecule has 1 aliphatic heterocycles. The molecule has 5 rings (SSSR count). The highest BCUT2D eigenvalue weighted by molar-refractivity contribution is 7.81. The highest BCUT2D eigenvalue weighted by Crippen LogP contribution is 2.37. The molecule has 3 N–H and O–H groups in total. The van der Waals surface area contributed by atoms with Gasteiger partial charge in [0.2, 0.25) is 5.91 Å². The van der Waals surface area contributed by atoms with Gasteiger partial charge in [-0.3, -0.25) is 9.36 Å². The molecule has 1 saturated heterocycles. The summed E-state index contributed by atoms with van der Waals surface area (Å²) in [7, 11) is 0. The number of primary amides is 1. The predicted octanol–water partition coefficient (Wildman–Crippen LogP) is 5.50. The number of hydrogen-bond acceptors (Lipinski definition) is 7. The first-order chi connectivity index (χ1) is 19.5. The maximum Gasteiger partial charge on any atom is 0.573 e. The number of nitrogens with one attached hydrogen (secondary N) is 1. The molecule has 0 spiro atoms. The topological polar surface area (TPSA) is 101 Å². The third-order valence-corrected chi connectivity index (χ3v) is 7.65. The van der Waals surface area contributed by atoms with E-state index in [1.807, 2.05) is 25.1 Å². The van der Waals surface area contributed by atoms with Gasteiger partial charge in [0.15, 0.2) is 0 Å². The smallest absolute Gasteiger partial charge is 0.489 e. The predicted molar refractivity (Wildman–Crippen MR) is 152 cm³/mol. The Bertz CT molecular complexity index is 1550. The van der Waals surface area contributed by atoms with E-state index in [1.54, 1.807) is 10.6 Å². The van der Waals surface area contributed by atoms with Crippen LogP contribution in [0.5, 0.6) is 11.5 Å². The maximum absolute atomic E-state index is 12.7. The van der Waals surface area contributed by atoms with E-state index in [0.717, 1.165) is 25.9 Å². The summed E-state index contributed by atoms with van der Waals surface area (Å²) in [5.41, 5.74) is 7.55. The molecule has 1 unspecified atom stereocenters. The number of fused-ring (bicyclic) bond motifs is 1. The van der Waals surface area contributed by atoms with E-state index in [0.29, 0.717) is 27.5 Å².